The number of nitrogens with two attached hydrogens (primary N) is 1. The molecule has 0 spiro atoms. The monoisotopic (exact) mass is 494 g/mol. The van der Waals surface area contributed by atoms with Crippen LogP contribution in [0.15, 0.2) is 0 Å². The molecule has 10 heteroatoms. The van der Waals surface area contributed by atoms with Crippen molar-refractivity contribution in [3.8, 4) is 0 Å². The van der Waals surface area contributed by atoms with Gasteiger partial charge in [-0.3, -0.25) is 9.59 Å². The van der Waals surface area contributed by atoms with Crippen LogP contribution in [0.4, 0.5) is 4.79 Å². The van der Waals surface area contributed by atoms with Crippen molar-refractivity contribution in [2.24, 2.45) is 16.6 Å². The van der Waals surface area contributed by atoms with E-state index in [4.69, 9.17) is 15.6 Å². The Morgan fingerprint density at radius 2 is 1.48 bits per heavy atom. The number of likely N-dealkylation sites (tertiary alicyclic amines) is 1. The summed E-state index contributed by atoms with van der Waals surface area (Å²) in [6.07, 6.45) is 2.51. The summed E-state index contributed by atoms with van der Waals surface area (Å²) in [7, 11) is 0. The Labute approximate surface area is 206 Å². The molecule has 0 saturated carbocycles. The first-order chi connectivity index (χ1) is 14.7. The highest BCUT2D eigenvalue weighted by Gasteiger charge is 2.39. The largest absolute Gasteiger partial charge is 0.481 e. The topological polar surface area (TPSA) is 134 Å². The predicted molar refractivity (Wildman–Crippen MR) is 134 cm³/mol. The molecule has 2 aliphatic heterocycles. The van der Waals surface area contributed by atoms with Crippen molar-refractivity contribution >= 4 is 30.4 Å². The molecule has 0 atom stereocenters. The van der Waals surface area contributed by atoms with E-state index in [1.165, 1.54) is 0 Å². The minimum Gasteiger partial charge on any atom is -0.481 e. The molecule has 0 radical (unpaired) electrons. The summed E-state index contributed by atoms with van der Waals surface area (Å²) in [5, 5.41) is 15.2. The average molecular weight is 495 g/mol. The van der Waals surface area contributed by atoms with Crippen LogP contribution in [0.2, 0.25) is 0 Å². The number of hydrogen-bond donors (Lipinski definition) is 4. The number of carbonyl (C=O) groups is 3. The van der Waals surface area contributed by atoms with Gasteiger partial charge in [-0.05, 0) is 79.9 Å². The number of aliphatic carboxylic acids is 1. The molecule has 0 aromatic rings. The van der Waals surface area contributed by atoms with E-state index in [9.17, 15) is 14.4 Å². The molecule has 2 rings (SSSR count). The molecule has 33 heavy (non-hydrogen) atoms. The highest BCUT2D eigenvalue weighted by atomic mass is 35.5. The third-order valence-electron chi connectivity index (χ3n) is 5.63. The summed E-state index contributed by atoms with van der Waals surface area (Å²) < 4.78 is 5.25. The third kappa shape index (κ3) is 12.5. The minimum atomic E-state index is -0.790. The second-order valence-electron chi connectivity index (χ2n) is 9.91. The van der Waals surface area contributed by atoms with Crippen LogP contribution in [-0.4, -0.2) is 72.8 Å². The lowest BCUT2D eigenvalue weighted by atomic mass is 9.80. The van der Waals surface area contributed by atoms with Gasteiger partial charge in [-0.1, -0.05) is 13.8 Å². The van der Waals surface area contributed by atoms with Gasteiger partial charge in [-0.15, -0.1) is 12.4 Å². The highest BCUT2D eigenvalue weighted by Crippen LogP contribution is 2.31. The van der Waals surface area contributed by atoms with Gasteiger partial charge >= 0.3 is 12.1 Å². The normalized spacial score (nSPS) is 18.7. The molecular weight excluding hydrogens is 448 g/mol. The standard InChI is InChI=1S/C12H21NO4.C9H18N2O.C2H7N.ClH/c1-11(2,3)17-10(16)13-7-5-12(4,6-8-13)9(14)15;1-3-11-8(12)9(2)4-6-10-7-5-9;1-2-3;/h5-8H2,1-4H3,(H,14,15);10H,3-7H2,1-2H3,(H,11,12);2-3H2,1H3;1H. The molecule has 2 aliphatic rings. The lowest BCUT2D eigenvalue weighted by Crippen LogP contribution is -2.46. The Kier molecular flexibility index (Phi) is 15.6. The van der Waals surface area contributed by atoms with Crippen LogP contribution in [-0.2, 0) is 14.3 Å². The number of halogens is 1. The van der Waals surface area contributed by atoms with Crippen molar-refractivity contribution in [2.45, 2.75) is 79.8 Å². The van der Waals surface area contributed by atoms with E-state index in [2.05, 4.69) is 17.6 Å². The van der Waals surface area contributed by atoms with Gasteiger partial charge in [0.05, 0.1) is 5.41 Å². The maximum absolute atomic E-state index is 11.8. The number of nitrogens with one attached hydrogen (secondary N) is 2. The van der Waals surface area contributed by atoms with Crippen molar-refractivity contribution in [2.75, 3.05) is 39.3 Å². The maximum atomic E-state index is 11.8. The van der Waals surface area contributed by atoms with Gasteiger partial charge in [0.1, 0.15) is 5.60 Å². The van der Waals surface area contributed by atoms with E-state index in [-0.39, 0.29) is 29.8 Å². The zero-order valence-corrected chi connectivity index (χ0v) is 22.4. The van der Waals surface area contributed by atoms with Gasteiger partial charge in [0, 0.05) is 25.0 Å². The number of nitrogens with zero attached hydrogens (tertiary/aromatic N) is 1. The number of ether oxygens (including phenoxy) is 1. The second kappa shape index (κ2) is 15.3. The lowest BCUT2D eigenvalue weighted by Gasteiger charge is -2.37. The SMILES string of the molecule is CC(C)(C)OC(=O)N1CCC(C)(C(=O)O)CC1.CCN.CCNC(=O)C1(C)CCNCC1.Cl. The quantitative estimate of drug-likeness (QED) is 0.473. The minimum absolute atomic E-state index is 0. The van der Waals surface area contributed by atoms with Crippen LogP contribution in [0.5, 0.6) is 0 Å². The smallest absolute Gasteiger partial charge is 0.410 e. The molecule has 0 aromatic carbocycles. The van der Waals surface area contributed by atoms with E-state index in [0.29, 0.717) is 25.9 Å². The molecule has 2 amide bonds. The van der Waals surface area contributed by atoms with Crippen molar-refractivity contribution in [3.05, 3.63) is 0 Å². The first-order valence-corrected chi connectivity index (χ1v) is 11.6. The number of carboxylic acids is 1. The summed E-state index contributed by atoms with van der Waals surface area (Å²) in [5.41, 5.74) is 3.50. The molecule has 0 bridgehead atoms. The molecular formula is C23H47ClN4O5. The van der Waals surface area contributed by atoms with E-state index in [1.54, 1.807) is 11.8 Å². The van der Waals surface area contributed by atoms with Gasteiger partial charge in [0.15, 0.2) is 0 Å². The Bertz CT molecular complexity index is 596. The number of carboxylic acid groups (broad SMARTS) is 1. The highest BCUT2D eigenvalue weighted by molar-refractivity contribution is 5.85. The molecule has 9 nitrogen and oxygen atoms in total. The van der Waals surface area contributed by atoms with Gasteiger partial charge in [-0.2, -0.15) is 0 Å². The molecule has 0 aromatic heterocycles. The third-order valence-corrected chi connectivity index (χ3v) is 5.63. The summed E-state index contributed by atoms with van der Waals surface area (Å²) in [4.78, 5) is 36.0. The van der Waals surface area contributed by atoms with Crippen molar-refractivity contribution in [1.82, 2.24) is 15.5 Å². The maximum Gasteiger partial charge on any atom is 0.410 e. The van der Waals surface area contributed by atoms with Gasteiger partial charge < -0.3 is 31.1 Å². The molecule has 196 valence electrons. The van der Waals surface area contributed by atoms with Crippen LogP contribution in [0.3, 0.4) is 0 Å². The summed E-state index contributed by atoms with van der Waals surface area (Å²) in [6, 6.07) is 0. The number of piperidine rings is 2. The molecule has 2 saturated heterocycles. The fourth-order valence-electron chi connectivity index (χ4n) is 3.30. The van der Waals surface area contributed by atoms with Crippen LogP contribution in [0, 0.1) is 10.8 Å². The number of amides is 2. The first-order valence-electron chi connectivity index (χ1n) is 11.6. The molecule has 0 unspecified atom stereocenters. The zero-order chi connectivity index (χ0) is 25.0. The molecule has 5 N–H and O–H groups in total. The average Bonchev–Trinajstić information content (AvgIpc) is 2.69. The van der Waals surface area contributed by atoms with E-state index in [0.717, 1.165) is 39.0 Å². The Morgan fingerprint density at radius 1 is 1.03 bits per heavy atom. The lowest BCUT2D eigenvalue weighted by molar-refractivity contribution is -0.150. The fraction of sp³-hybridized carbons (Fsp3) is 0.870. The van der Waals surface area contributed by atoms with Crippen LogP contribution < -0.4 is 16.4 Å². The summed E-state index contributed by atoms with van der Waals surface area (Å²) in [5.74, 6) is -0.576. The van der Waals surface area contributed by atoms with Crippen molar-refractivity contribution < 1.29 is 24.2 Å². The fourth-order valence-corrected chi connectivity index (χ4v) is 3.30. The zero-order valence-electron chi connectivity index (χ0n) is 21.6. The molecule has 0 aliphatic carbocycles. The van der Waals surface area contributed by atoms with E-state index in [1.807, 2.05) is 34.6 Å². The Balaban J connectivity index is 0. The van der Waals surface area contributed by atoms with Crippen LogP contribution in [0.25, 0.3) is 0 Å². The summed E-state index contributed by atoms with van der Waals surface area (Å²) in [6.45, 7) is 17.4. The number of hydrogen-bond acceptors (Lipinski definition) is 6. The Morgan fingerprint density at radius 3 is 1.85 bits per heavy atom. The Hall–Kier alpha value is -1.58. The summed E-state index contributed by atoms with van der Waals surface area (Å²) >= 11 is 0. The van der Waals surface area contributed by atoms with Gasteiger partial charge in [-0.25, -0.2) is 4.79 Å². The molecule has 2 heterocycles. The van der Waals surface area contributed by atoms with Crippen molar-refractivity contribution in [1.29, 1.82) is 0 Å². The van der Waals surface area contributed by atoms with Gasteiger partial charge in [0.25, 0.3) is 0 Å². The van der Waals surface area contributed by atoms with E-state index < -0.39 is 17.0 Å². The van der Waals surface area contributed by atoms with E-state index >= 15 is 0 Å². The molecule has 2 fully saturated rings. The number of rotatable bonds is 3. The van der Waals surface area contributed by atoms with Crippen LogP contribution >= 0.6 is 12.4 Å². The second-order valence-corrected chi connectivity index (χ2v) is 9.91. The first kappa shape index (κ1) is 33.6. The van der Waals surface area contributed by atoms with Crippen molar-refractivity contribution in [3.63, 3.8) is 0 Å². The number of carbonyl (C=O) groups excluding carboxylic acids is 2. The predicted octanol–water partition coefficient (Wildman–Crippen LogP) is 3.01. The van der Waals surface area contributed by atoms with Gasteiger partial charge in [0.2, 0.25) is 5.91 Å². The van der Waals surface area contributed by atoms with Crippen LogP contribution in [0.1, 0.15) is 74.1 Å².